The van der Waals surface area contributed by atoms with Gasteiger partial charge in [-0.2, -0.15) is 0 Å². The van der Waals surface area contributed by atoms with Gasteiger partial charge >= 0.3 is 0 Å². The van der Waals surface area contributed by atoms with Gasteiger partial charge in [0, 0.05) is 16.3 Å². The molecule has 1 aliphatic carbocycles. The van der Waals surface area contributed by atoms with E-state index in [1.54, 1.807) is 0 Å². The van der Waals surface area contributed by atoms with Crippen LogP contribution in [-0.4, -0.2) is 16.7 Å². The number of hydrogen-bond donors (Lipinski definition) is 2. The molecule has 0 radical (unpaired) electrons. The van der Waals surface area contributed by atoms with E-state index in [1.807, 2.05) is 0 Å². The van der Waals surface area contributed by atoms with Crippen LogP contribution in [0.2, 0.25) is 0 Å². The van der Waals surface area contributed by atoms with Gasteiger partial charge in [-0.05, 0) is 52.2 Å². The predicted octanol–water partition coefficient (Wildman–Crippen LogP) is 6.93. The number of rotatable bonds is 3. The lowest BCUT2D eigenvalue weighted by Crippen LogP contribution is -2.92. The minimum absolute atomic E-state index is 0.211. The number of nitrogens with zero attached hydrogens (tertiary/aromatic N) is 1. The summed E-state index contributed by atoms with van der Waals surface area (Å²) in [6.07, 6.45) is 8.89. The average molecular weight is 503 g/mol. The van der Waals surface area contributed by atoms with Gasteiger partial charge in [-0.25, -0.2) is 0 Å². The van der Waals surface area contributed by atoms with Crippen molar-refractivity contribution in [2.75, 3.05) is 0 Å². The van der Waals surface area contributed by atoms with Gasteiger partial charge in [0.15, 0.2) is 11.5 Å². The third kappa shape index (κ3) is 3.55. The maximum absolute atomic E-state index is 3.97. The van der Waals surface area contributed by atoms with Gasteiger partial charge in [0.2, 0.25) is 0 Å². The normalized spacial score (nSPS) is 18.6. The molecular formula is C36H28N3+. The van der Waals surface area contributed by atoms with E-state index >= 15 is 0 Å². The number of aromatic nitrogens is 1. The summed E-state index contributed by atoms with van der Waals surface area (Å²) in [6.45, 7) is 0. The third-order valence-electron chi connectivity index (χ3n) is 8.17. The van der Waals surface area contributed by atoms with Gasteiger partial charge in [0.25, 0.3) is 0 Å². The van der Waals surface area contributed by atoms with Crippen LogP contribution in [-0.2, 0) is 0 Å². The fourth-order valence-corrected chi connectivity index (χ4v) is 6.31. The summed E-state index contributed by atoms with van der Waals surface area (Å²) < 4.78 is 2.46. The highest BCUT2D eigenvalue weighted by Crippen LogP contribution is 2.39. The number of nitrogens with one attached hydrogen (secondary N) is 1. The lowest BCUT2D eigenvalue weighted by Gasteiger charge is -2.33. The van der Waals surface area contributed by atoms with Crippen molar-refractivity contribution in [1.82, 2.24) is 9.88 Å². The minimum Gasteiger partial charge on any atom is -0.354 e. The van der Waals surface area contributed by atoms with Crippen LogP contribution in [0.4, 0.5) is 0 Å². The smallest absolute Gasteiger partial charge is 0.178 e. The molecule has 1 aromatic heterocycles. The molecule has 5 aromatic carbocycles. The third-order valence-corrected chi connectivity index (χ3v) is 8.17. The Kier molecular flexibility index (Phi) is 5.04. The molecule has 1 aliphatic heterocycles. The van der Waals surface area contributed by atoms with E-state index in [2.05, 4.69) is 155 Å². The number of allylic oxidation sites excluding steroid dienone is 2. The lowest BCUT2D eigenvalue weighted by molar-refractivity contribution is -0.595. The van der Waals surface area contributed by atoms with Crippen molar-refractivity contribution in [3.8, 4) is 11.1 Å². The molecule has 0 amide bonds. The van der Waals surface area contributed by atoms with E-state index in [4.69, 9.17) is 0 Å². The van der Waals surface area contributed by atoms with E-state index in [0.717, 1.165) is 5.82 Å². The highest BCUT2D eigenvalue weighted by molar-refractivity contribution is 6.22. The molecule has 6 aromatic rings. The monoisotopic (exact) mass is 502 g/mol. The zero-order chi connectivity index (χ0) is 25.8. The quantitative estimate of drug-likeness (QED) is 0.270. The Morgan fingerprint density at radius 1 is 0.590 bits per heavy atom. The second-order valence-electron chi connectivity index (χ2n) is 10.4. The van der Waals surface area contributed by atoms with Crippen molar-refractivity contribution in [1.29, 1.82) is 0 Å². The van der Waals surface area contributed by atoms with Gasteiger partial charge < -0.3 is 10.6 Å². The number of hydrogen-bond acceptors (Lipinski definition) is 1. The van der Waals surface area contributed by atoms with E-state index < -0.39 is 0 Å². The molecule has 0 spiro atoms. The number of quaternary nitrogens is 1. The lowest BCUT2D eigenvalue weighted by atomic mass is 9.98. The summed E-state index contributed by atoms with van der Waals surface area (Å²) in [5, 5.41) is 11.5. The highest BCUT2D eigenvalue weighted by atomic mass is 15.2. The van der Waals surface area contributed by atoms with Gasteiger partial charge in [0.1, 0.15) is 12.1 Å². The van der Waals surface area contributed by atoms with Crippen LogP contribution < -0.4 is 10.6 Å². The van der Waals surface area contributed by atoms with Crippen LogP contribution in [0.3, 0.4) is 0 Å². The molecule has 3 nitrogen and oxygen atoms in total. The molecule has 0 saturated heterocycles. The summed E-state index contributed by atoms with van der Waals surface area (Å²) in [6, 6.07) is 42.2. The van der Waals surface area contributed by atoms with E-state index in [1.165, 1.54) is 55.0 Å². The molecule has 0 saturated carbocycles. The summed E-state index contributed by atoms with van der Waals surface area (Å²) >= 11 is 0. The highest BCUT2D eigenvalue weighted by Gasteiger charge is 2.34. The van der Waals surface area contributed by atoms with E-state index in [0.29, 0.717) is 6.04 Å². The van der Waals surface area contributed by atoms with Crippen molar-refractivity contribution in [2.24, 2.45) is 0 Å². The minimum atomic E-state index is 0.211. The maximum Gasteiger partial charge on any atom is 0.178 e. The zero-order valence-electron chi connectivity index (χ0n) is 21.5. The number of nitrogens with two attached hydrogens (primary N) is 1. The Hall–Kier alpha value is -4.86. The van der Waals surface area contributed by atoms with Crippen LogP contribution in [0, 0.1) is 0 Å². The Morgan fingerprint density at radius 3 is 2.18 bits per heavy atom. The van der Waals surface area contributed by atoms with Crippen molar-refractivity contribution in [3.63, 3.8) is 0 Å². The predicted molar refractivity (Wildman–Crippen MR) is 163 cm³/mol. The molecular weight excluding hydrogens is 474 g/mol. The van der Waals surface area contributed by atoms with Crippen molar-refractivity contribution in [3.05, 3.63) is 145 Å². The van der Waals surface area contributed by atoms with Crippen LogP contribution >= 0.6 is 0 Å². The number of fused-ring (bicyclic) bond motifs is 6. The average Bonchev–Trinajstić information content (AvgIpc) is 3.35. The first kappa shape index (κ1) is 22.2. The SMILES string of the molecule is C1=CC2NC(n3c4cc(-c5ccccc5)ccc4c4c5ccccc5ccc43)=C(c3ccccc3)[NH2+]C2C=C1. The Bertz CT molecular complexity index is 1960. The zero-order valence-corrected chi connectivity index (χ0v) is 21.5. The molecule has 0 bridgehead atoms. The van der Waals surface area contributed by atoms with E-state index in [9.17, 15) is 0 Å². The Labute approximate surface area is 227 Å². The molecule has 3 N–H and O–H groups in total. The molecule has 8 rings (SSSR count). The standard InChI is InChI=1S/C36H27N3/c1-3-11-24(12-4-1)27-19-21-29-33(23-27)39(32-22-20-25-13-7-8-16-28(25)34(29)32)36-35(26-14-5-2-6-15-26)37-30-17-9-10-18-31(30)38-36/h1-23,30-31,37-38H/p+1. The molecule has 3 heteroatoms. The fourth-order valence-electron chi connectivity index (χ4n) is 6.31. The van der Waals surface area contributed by atoms with Gasteiger partial charge in [-0.3, -0.25) is 4.57 Å². The Morgan fingerprint density at radius 2 is 1.33 bits per heavy atom. The topological polar surface area (TPSA) is 33.6 Å². The second kappa shape index (κ2) is 8.87. The summed E-state index contributed by atoms with van der Waals surface area (Å²) in [7, 11) is 0. The first-order chi connectivity index (χ1) is 19.3. The van der Waals surface area contributed by atoms with Crippen LogP contribution in [0.5, 0.6) is 0 Å². The molecule has 2 heterocycles. The maximum atomic E-state index is 3.97. The van der Waals surface area contributed by atoms with Crippen molar-refractivity contribution in [2.45, 2.75) is 12.1 Å². The Balaban J connectivity index is 1.49. The summed E-state index contributed by atoms with van der Waals surface area (Å²) in [5.74, 6) is 1.13. The van der Waals surface area contributed by atoms with Crippen LogP contribution in [0.15, 0.2) is 140 Å². The van der Waals surface area contributed by atoms with Gasteiger partial charge in [0.05, 0.1) is 11.0 Å². The van der Waals surface area contributed by atoms with Crippen LogP contribution in [0.1, 0.15) is 5.56 Å². The van der Waals surface area contributed by atoms with Gasteiger partial charge in [-0.15, -0.1) is 0 Å². The second-order valence-corrected chi connectivity index (χ2v) is 10.4. The first-order valence-electron chi connectivity index (χ1n) is 13.6. The van der Waals surface area contributed by atoms with Gasteiger partial charge in [-0.1, -0.05) is 109 Å². The summed E-state index contributed by atoms with van der Waals surface area (Å²) in [5.41, 5.74) is 7.32. The first-order valence-corrected chi connectivity index (χ1v) is 13.6. The molecule has 39 heavy (non-hydrogen) atoms. The molecule has 0 fully saturated rings. The number of benzene rings is 5. The van der Waals surface area contributed by atoms with Crippen molar-refractivity contribution < 1.29 is 5.32 Å². The van der Waals surface area contributed by atoms with Crippen molar-refractivity contribution >= 4 is 44.1 Å². The fraction of sp³-hybridized carbons (Fsp3) is 0.0556. The molecule has 2 unspecified atom stereocenters. The van der Waals surface area contributed by atoms with E-state index in [-0.39, 0.29) is 6.04 Å². The largest absolute Gasteiger partial charge is 0.354 e. The summed E-state index contributed by atoms with van der Waals surface area (Å²) in [4.78, 5) is 0. The molecule has 2 atom stereocenters. The molecule has 186 valence electrons. The molecule has 2 aliphatic rings. The van der Waals surface area contributed by atoms with Crippen LogP contribution in [0.25, 0.3) is 55.2 Å².